The van der Waals surface area contributed by atoms with Gasteiger partial charge in [0.1, 0.15) is 5.69 Å². The number of nitro groups is 5. The first kappa shape index (κ1) is 23.3. The van der Waals surface area contributed by atoms with Gasteiger partial charge in [-0.2, -0.15) is 5.10 Å². The first-order valence-electron chi connectivity index (χ1n) is 9.52. The average Bonchev–Trinajstić information content (AvgIpc) is 3.14. The second-order valence-corrected chi connectivity index (χ2v) is 7.18. The van der Waals surface area contributed by atoms with Crippen LogP contribution in [0.1, 0.15) is 11.1 Å². The Morgan fingerprint density at radius 3 is 1.67 bits per heavy atom. The fourth-order valence-electron chi connectivity index (χ4n) is 3.65. The smallest absolute Gasteiger partial charge is 0.271 e. The Morgan fingerprint density at radius 1 is 0.556 bits per heavy atom. The number of anilines is 1. The molecule has 0 aliphatic heterocycles. The quantitative estimate of drug-likeness (QED) is 0.283. The highest BCUT2D eigenvalue weighted by Gasteiger charge is 2.36. The molecule has 3 aromatic rings. The van der Waals surface area contributed by atoms with Crippen LogP contribution in [-0.4, -0.2) is 30.3 Å². The molecule has 1 aliphatic rings. The summed E-state index contributed by atoms with van der Waals surface area (Å²) >= 11 is 0. The van der Waals surface area contributed by atoms with Gasteiger partial charge in [0.2, 0.25) is 0 Å². The Hall–Kier alpha value is -5.87. The molecule has 0 aromatic heterocycles. The number of fused-ring (bicyclic) bond motifs is 3. The number of nitrogens with zero attached hydrogens (tertiary/aromatic N) is 6. The van der Waals surface area contributed by atoms with E-state index >= 15 is 0 Å². The van der Waals surface area contributed by atoms with Crippen LogP contribution in [0.25, 0.3) is 11.1 Å². The van der Waals surface area contributed by atoms with E-state index in [2.05, 4.69) is 10.5 Å². The summed E-state index contributed by atoms with van der Waals surface area (Å²) in [6, 6.07) is 7.73. The second kappa shape index (κ2) is 8.48. The Bertz CT molecular complexity index is 1570. The highest BCUT2D eigenvalue weighted by Crippen LogP contribution is 2.46. The summed E-state index contributed by atoms with van der Waals surface area (Å²) in [5.74, 6) is 0. The van der Waals surface area contributed by atoms with Crippen molar-refractivity contribution < 1.29 is 24.6 Å². The minimum atomic E-state index is -0.910. The molecule has 3 aromatic carbocycles. The van der Waals surface area contributed by atoms with E-state index in [9.17, 15) is 50.6 Å². The summed E-state index contributed by atoms with van der Waals surface area (Å²) < 4.78 is 0. The maximum atomic E-state index is 11.7. The van der Waals surface area contributed by atoms with E-state index in [1.807, 2.05) is 0 Å². The molecule has 0 saturated heterocycles. The lowest BCUT2D eigenvalue weighted by Crippen LogP contribution is -2.06. The highest BCUT2D eigenvalue weighted by atomic mass is 16.6. The molecule has 0 spiro atoms. The van der Waals surface area contributed by atoms with Gasteiger partial charge < -0.3 is 0 Å². The molecule has 17 nitrogen and oxygen atoms in total. The van der Waals surface area contributed by atoms with Gasteiger partial charge in [-0.3, -0.25) is 56.0 Å². The molecule has 0 atom stereocenters. The highest BCUT2D eigenvalue weighted by molar-refractivity contribution is 6.26. The minimum Gasteiger partial charge on any atom is -0.271 e. The lowest BCUT2D eigenvalue weighted by atomic mass is 10.0. The largest absolute Gasteiger partial charge is 0.301 e. The molecule has 0 unspecified atom stereocenters. The molecule has 0 saturated carbocycles. The van der Waals surface area contributed by atoms with E-state index in [1.165, 1.54) is 6.07 Å². The molecular formula is C19H9N7O10. The second-order valence-electron chi connectivity index (χ2n) is 7.18. The number of rotatable bonds is 7. The number of nitro benzene ring substituents is 5. The van der Waals surface area contributed by atoms with Crippen molar-refractivity contribution in [2.24, 2.45) is 5.10 Å². The number of benzene rings is 3. The van der Waals surface area contributed by atoms with Gasteiger partial charge in [0.25, 0.3) is 22.7 Å². The predicted octanol–water partition coefficient (Wildman–Crippen LogP) is 4.07. The summed E-state index contributed by atoms with van der Waals surface area (Å²) in [7, 11) is 0. The van der Waals surface area contributed by atoms with E-state index in [1.54, 1.807) is 0 Å². The number of hydrazone groups is 1. The Morgan fingerprint density at radius 2 is 1.08 bits per heavy atom. The van der Waals surface area contributed by atoms with Crippen LogP contribution in [0.2, 0.25) is 0 Å². The predicted molar refractivity (Wildman–Crippen MR) is 121 cm³/mol. The third-order valence-electron chi connectivity index (χ3n) is 5.18. The van der Waals surface area contributed by atoms with Crippen LogP contribution in [0.15, 0.2) is 53.6 Å². The van der Waals surface area contributed by atoms with Crippen molar-refractivity contribution in [1.82, 2.24) is 0 Å². The van der Waals surface area contributed by atoms with Crippen LogP contribution in [0.4, 0.5) is 34.1 Å². The zero-order valence-electron chi connectivity index (χ0n) is 17.4. The molecule has 4 rings (SSSR count). The minimum absolute atomic E-state index is 0.000127. The van der Waals surface area contributed by atoms with Crippen molar-refractivity contribution in [2.75, 3.05) is 5.43 Å². The average molecular weight is 495 g/mol. The van der Waals surface area contributed by atoms with Gasteiger partial charge in [-0.15, -0.1) is 0 Å². The van der Waals surface area contributed by atoms with Gasteiger partial charge in [0.05, 0.1) is 48.0 Å². The first-order valence-corrected chi connectivity index (χ1v) is 9.52. The summed E-state index contributed by atoms with van der Waals surface area (Å²) in [4.78, 5) is 52.6. The van der Waals surface area contributed by atoms with Crippen molar-refractivity contribution in [1.29, 1.82) is 0 Å². The molecule has 1 N–H and O–H groups in total. The monoisotopic (exact) mass is 495 g/mol. The van der Waals surface area contributed by atoms with Gasteiger partial charge in [0.15, 0.2) is 0 Å². The SMILES string of the molecule is O=[N+]([O-])c1ccc2c(c1)/C(=N\Nc1ccc([N+](=O)[O-])cc1[N+](=O)[O-])c1cc([N+](=O)[O-])cc([N+](=O)[O-])c1-2. The molecule has 36 heavy (non-hydrogen) atoms. The number of hydrogen-bond acceptors (Lipinski definition) is 12. The van der Waals surface area contributed by atoms with Crippen LogP contribution in [0.3, 0.4) is 0 Å². The normalized spacial score (nSPS) is 12.5. The molecular weight excluding hydrogens is 486 g/mol. The van der Waals surface area contributed by atoms with Gasteiger partial charge in [-0.25, -0.2) is 0 Å². The molecule has 0 radical (unpaired) electrons. The maximum Gasteiger partial charge on any atom is 0.301 e. The molecule has 17 heteroatoms. The molecule has 1 aliphatic carbocycles. The van der Waals surface area contributed by atoms with Crippen LogP contribution in [0, 0.1) is 50.6 Å². The summed E-state index contributed by atoms with van der Waals surface area (Å²) in [5, 5.41) is 60.8. The standard InChI is InChI=1S/C19H9N7O10/c27-22(28)9-1-3-12-13(5-9)19(14-6-11(24(31)32)8-17(18(12)14)26(35)36)21-20-15-4-2-10(23(29)30)7-16(15)25(33)34/h1-8,20H/b21-19+. The van der Waals surface area contributed by atoms with E-state index in [4.69, 9.17) is 0 Å². The lowest BCUT2D eigenvalue weighted by molar-refractivity contribution is -0.394. The number of nitrogens with one attached hydrogen (secondary N) is 1. The summed E-state index contributed by atoms with van der Waals surface area (Å²) in [6.07, 6.45) is 0. The molecule has 0 heterocycles. The van der Waals surface area contributed by atoms with Crippen molar-refractivity contribution >= 4 is 39.8 Å². The van der Waals surface area contributed by atoms with Crippen molar-refractivity contribution in [2.45, 2.75) is 0 Å². The molecule has 0 bridgehead atoms. The summed E-state index contributed by atoms with van der Waals surface area (Å²) in [5.41, 5.74) is -1.27. The van der Waals surface area contributed by atoms with Gasteiger partial charge >= 0.3 is 5.69 Å². The molecule has 0 fully saturated rings. The third-order valence-corrected chi connectivity index (χ3v) is 5.18. The maximum absolute atomic E-state index is 11.7. The third kappa shape index (κ3) is 3.87. The summed E-state index contributed by atoms with van der Waals surface area (Å²) in [6.45, 7) is 0. The van der Waals surface area contributed by atoms with Gasteiger partial charge in [-0.05, 0) is 17.7 Å². The number of hydrogen-bond donors (Lipinski definition) is 1. The van der Waals surface area contributed by atoms with Crippen molar-refractivity contribution in [3.05, 3.63) is 110 Å². The Kier molecular flexibility index (Phi) is 5.49. The van der Waals surface area contributed by atoms with E-state index < -0.39 is 53.1 Å². The Labute approximate surface area is 197 Å². The molecule has 0 amide bonds. The van der Waals surface area contributed by atoms with E-state index in [-0.39, 0.29) is 33.7 Å². The van der Waals surface area contributed by atoms with Gasteiger partial charge in [0, 0.05) is 35.4 Å². The van der Waals surface area contributed by atoms with Crippen LogP contribution in [0.5, 0.6) is 0 Å². The van der Waals surface area contributed by atoms with Crippen LogP contribution < -0.4 is 5.43 Å². The van der Waals surface area contributed by atoms with E-state index in [0.717, 1.165) is 36.4 Å². The van der Waals surface area contributed by atoms with Crippen LogP contribution >= 0.6 is 0 Å². The zero-order valence-corrected chi connectivity index (χ0v) is 17.4. The lowest BCUT2D eigenvalue weighted by Gasteiger charge is -2.06. The Balaban J connectivity index is 1.96. The first-order chi connectivity index (χ1) is 17.0. The van der Waals surface area contributed by atoms with Gasteiger partial charge in [-0.1, -0.05) is 0 Å². The van der Waals surface area contributed by atoms with Crippen molar-refractivity contribution in [3.63, 3.8) is 0 Å². The number of non-ortho nitro benzene ring substituents is 3. The topological polar surface area (TPSA) is 240 Å². The fraction of sp³-hybridized carbons (Fsp3) is 0. The van der Waals surface area contributed by atoms with E-state index in [0.29, 0.717) is 6.07 Å². The zero-order chi connectivity index (χ0) is 26.3. The molecule has 180 valence electrons. The fourth-order valence-corrected chi connectivity index (χ4v) is 3.65. The van der Waals surface area contributed by atoms with Crippen molar-refractivity contribution in [3.8, 4) is 11.1 Å². The van der Waals surface area contributed by atoms with Crippen LogP contribution in [-0.2, 0) is 0 Å².